The number of anilines is 1. The number of alkyl halides is 3. The van der Waals surface area contributed by atoms with Gasteiger partial charge in [-0.15, -0.1) is 4.72 Å². The normalized spacial score (nSPS) is 15.1. The van der Waals surface area contributed by atoms with Crippen LogP contribution < -0.4 is 14.9 Å². The van der Waals surface area contributed by atoms with E-state index in [-0.39, 0.29) is 41.4 Å². The van der Waals surface area contributed by atoms with Crippen molar-refractivity contribution in [1.29, 1.82) is 5.26 Å². The number of ether oxygens (including phenoxy) is 1. The van der Waals surface area contributed by atoms with Gasteiger partial charge in [-0.3, -0.25) is 9.69 Å². The van der Waals surface area contributed by atoms with Crippen molar-refractivity contribution in [1.82, 2.24) is 19.8 Å². The van der Waals surface area contributed by atoms with E-state index in [0.717, 1.165) is 28.5 Å². The van der Waals surface area contributed by atoms with Crippen molar-refractivity contribution < 1.29 is 36.4 Å². The molecule has 0 bridgehead atoms. The van der Waals surface area contributed by atoms with Crippen LogP contribution in [0, 0.1) is 23.1 Å². The van der Waals surface area contributed by atoms with E-state index in [1.807, 2.05) is 0 Å². The fourth-order valence-electron chi connectivity index (χ4n) is 5.90. The van der Waals surface area contributed by atoms with Crippen LogP contribution in [0.25, 0.3) is 5.69 Å². The van der Waals surface area contributed by atoms with Crippen LogP contribution in [0.5, 0.6) is 0 Å². The molecule has 0 aliphatic heterocycles. The number of para-hydroxylation sites is 1. The Morgan fingerprint density at radius 1 is 1.00 bits per heavy atom. The van der Waals surface area contributed by atoms with Gasteiger partial charge in [-0.25, -0.2) is 13.9 Å². The number of carbonyl (C=O) groups excluding carboxylic acids is 2. The van der Waals surface area contributed by atoms with Crippen LogP contribution in [0.3, 0.4) is 0 Å². The van der Waals surface area contributed by atoms with Crippen LogP contribution in [0.4, 0.5) is 28.0 Å². The zero-order valence-corrected chi connectivity index (χ0v) is 32.3. The Balaban J connectivity index is 1.75. The molecule has 292 valence electrons. The molecule has 1 aliphatic carbocycles. The highest BCUT2D eigenvalue weighted by atomic mass is 32.2. The molecule has 2 atom stereocenters. The molecule has 0 spiro atoms. The summed E-state index contributed by atoms with van der Waals surface area (Å²) < 4.78 is 82.2. The summed E-state index contributed by atoms with van der Waals surface area (Å²) in [6.07, 6.45) is -3.38. The highest BCUT2D eigenvalue weighted by molar-refractivity contribution is 7.90. The molecule has 1 aliphatic rings. The Hall–Kier alpha value is -4.91. The van der Waals surface area contributed by atoms with E-state index in [0.29, 0.717) is 18.1 Å². The Morgan fingerprint density at radius 2 is 1.69 bits per heavy atom. The quantitative estimate of drug-likeness (QED) is 0.0835. The first-order valence-corrected chi connectivity index (χ1v) is 18.9. The highest BCUT2D eigenvalue weighted by Crippen LogP contribution is 2.44. The van der Waals surface area contributed by atoms with Crippen LogP contribution in [-0.2, 0) is 34.5 Å². The minimum absolute atomic E-state index is 0.0390. The lowest BCUT2D eigenvalue weighted by atomic mass is 9.89. The zero-order valence-electron chi connectivity index (χ0n) is 31.5. The molecule has 1 fully saturated rings. The number of carbonyl (C=O) groups is 2. The Labute approximate surface area is 321 Å². The van der Waals surface area contributed by atoms with E-state index in [2.05, 4.69) is 21.2 Å². The van der Waals surface area contributed by atoms with Crippen LogP contribution in [-0.4, -0.2) is 36.7 Å². The van der Waals surface area contributed by atoms with E-state index in [1.54, 1.807) is 65.8 Å². The molecule has 2 amide bonds. The molecule has 15 heteroatoms. The van der Waals surface area contributed by atoms with Gasteiger partial charge in [0.25, 0.3) is 5.91 Å². The summed E-state index contributed by atoms with van der Waals surface area (Å²) in [4.78, 5) is 28.8. The number of aromatic nitrogens is 2. The zero-order chi connectivity index (χ0) is 40.3. The number of hydrogen-bond donors (Lipinski definition) is 2. The second-order valence-electron chi connectivity index (χ2n) is 15.5. The fraction of sp³-hybridized carbons (Fsp3) is 0.400. The van der Waals surface area contributed by atoms with Gasteiger partial charge in [0.15, 0.2) is 11.4 Å². The second-order valence-corrected chi connectivity index (χ2v) is 17.4. The van der Waals surface area contributed by atoms with Crippen LogP contribution in [0.15, 0.2) is 78.9 Å². The van der Waals surface area contributed by atoms with Crippen molar-refractivity contribution in [2.75, 3.05) is 4.90 Å². The maximum Gasteiger partial charge on any atom is 0.435 e. The van der Waals surface area contributed by atoms with Gasteiger partial charge in [-0.2, -0.15) is 23.5 Å². The molecule has 1 saturated carbocycles. The molecular weight excluding hydrogens is 737 g/mol. The Morgan fingerprint density at radius 3 is 2.31 bits per heavy atom. The lowest BCUT2D eigenvalue weighted by Gasteiger charge is -2.45. The third-order valence-electron chi connectivity index (χ3n) is 8.79. The largest absolute Gasteiger partial charge is 0.598 e. The predicted molar refractivity (Wildman–Crippen MR) is 201 cm³/mol. The average Bonchev–Trinajstić information content (AvgIpc) is 3.83. The van der Waals surface area contributed by atoms with Gasteiger partial charge in [0, 0.05) is 24.0 Å². The van der Waals surface area contributed by atoms with E-state index in [4.69, 9.17) is 4.74 Å². The maximum absolute atomic E-state index is 16.2. The van der Waals surface area contributed by atoms with Crippen molar-refractivity contribution in [2.24, 2.45) is 5.92 Å². The van der Waals surface area contributed by atoms with Gasteiger partial charge < -0.3 is 14.6 Å². The average molecular weight is 781 g/mol. The summed E-state index contributed by atoms with van der Waals surface area (Å²) in [5, 5.41) is 16.4. The molecule has 1 aromatic heterocycles. The van der Waals surface area contributed by atoms with Crippen LogP contribution in [0.2, 0.25) is 0 Å². The van der Waals surface area contributed by atoms with Crippen molar-refractivity contribution in [3.8, 4) is 11.8 Å². The van der Waals surface area contributed by atoms with E-state index in [9.17, 15) is 27.8 Å². The smallest absolute Gasteiger partial charge is 0.435 e. The summed E-state index contributed by atoms with van der Waals surface area (Å²) in [7, 11) is 0. The number of rotatable bonds is 12. The minimum Gasteiger partial charge on any atom is -0.598 e. The van der Waals surface area contributed by atoms with Gasteiger partial charge in [0.1, 0.15) is 21.9 Å². The number of alkyl carbamates (subject to hydrolysis) is 1. The van der Waals surface area contributed by atoms with E-state index < -0.39 is 62.8 Å². The minimum atomic E-state index is -4.99. The molecule has 55 heavy (non-hydrogen) atoms. The third-order valence-corrected chi connectivity index (χ3v) is 10.4. The maximum atomic E-state index is 16.2. The molecule has 2 N–H and O–H groups in total. The summed E-state index contributed by atoms with van der Waals surface area (Å²) >= 11 is -1.95. The lowest BCUT2D eigenvalue weighted by Crippen LogP contribution is -2.63. The van der Waals surface area contributed by atoms with Crippen molar-refractivity contribution in [3.63, 3.8) is 0 Å². The monoisotopic (exact) mass is 780 g/mol. The number of amides is 2. The van der Waals surface area contributed by atoms with Crippen molar-refractivity contribution in [2.45, 2.75) is 96.0 Å². The fourth-order valence-corrected chi connectivity index (χ4v) is 6.83. The van der Waals surface area contributed by atoms with Crippen molar-refractivity contribution in [3.05, 3.63) is 113 Å². The highest BCUT2D eigenvalue weighted by Gasteiger charge is 2.51. The summed E-state index contributed by atoms with van der Waals surface area (Å²) in [6, 6.07) is 20.3. The standard InChI is InChI=1S/C40H44F4N6O4S/c1-37(2,3)54-36(52)46-25-28-12-10-14-30(22-28)50-33(23-34(47-50)40(42,43)44)35(51)49(32-16-8-7-15-31(32)41)39(20-19-26-17-18-26,48-55(53)38(4,5)6)29-13-9-11-27(21-29)24-45/h7-16,21-23,26,48H,17-20,25H2,1-6H3,(H,46,52)/t39-,55?/m1/s1. The second kappa shape index (κ2) is 16.1. The molecular formula is C40H44F4N6O4S. The predicted octanol–water partition coefficient (Wildman–Crippen LogP) is 8.67. The SMILES string of the molecule is CC(C)(C)OC(=O)NCc1cccc(-n2nc(C(F)(F)F)cc2C(=O)N(c2ccccc2F)[C@@](CCC2CC2)(N[S+]([O-])C(C)(C)C)c2cccc(C#N)c2)c1. The van der Waals surface area contributed by atoms with Gasteiger partial charge >= 0.3 is 12.3 Å². The molecule has 3 aromatic carbocycles. The van der Waals surface area contributed by atoms with Gasteiger partial charge in [0.05, 0.1) is 23.0 Å². The molecule has 1 heterocycles. The molecule has 5 rings (SSSR count). The van der Waals surface area contributed by atoms with E-state index in [1.165, 1.54) is 42.5 Å². The van der Waals surface area contributed by atoms with Crippen molar-refractivity contribution >= 4 is 29.0 Å². The number of nitrogens with one attached hydrogen (secondary N) is 2. The molecule has 10 nitrogen and oxygen atoms in total. The number of hydrogen-bond acceptors (Lipinski definition) is 7. The van der Waals surface area contributed by atoms with Gasteiger partial charge in [-0.1, -0.05) is 49.2 Å². The molecule has 0 radical (unpaired) electrons. The molecule has 1 unspecified atom stereocenters. The Bertz CT molecular complexity index is 2070. The third kappa shape index (κ3) is 10.0. The number of nitriles is 1. The summed E-state index contributed by atoms with van der Waals surface area (Å²) in [6.45, 7) is 10.1. The molecule has 0 saturated heterocycles. The first-order chi connectivity index (χ1) is 25.7. The first kappa shape index (κ1) is 41.3. The number of nitrogens with zero attached hydrogens (tertiary/aromatic N) is 4. The van der Waals surface area contributed by atoms with Gasteiger partial charge in [0.2, 0.25) is 0 Å². The van der Waals surface area contributed by atoms with Gasteiger partial charge in [-0.05, 0) is 108 Å². The topological polar surface area (TPSA) is 135 Å². The first-order valence-electron chi connectivity index (χ1n) is 17.7. The molecule has 4 aromatic rings. The lowest BCUT2D eigenvalue weighted by molar-refractivity contribution is -0.141. The Kier molecular flexibility index (Phi) is 12.0. The number of halogens is 4. The van der Waals surface area contributed by atoms with Crippen LogP contribution >= 0.6 is 0 Å². The summed E-state index contributed by atoms with van der Waals surface area (Å²) in [5.74, 6) is -1.73. The number of benzene rings is 3. The van der Waals surface area contributed by atoms with Crippen LogP contribution in [0.1, 0.15) is 100 Å². The summed E-state index contributed by atoms with van der Waals surface area (Å²) in [5.41, 5.74) is -3.95. The van der Waals surface area contributed by atoms with E-state index >= 15 is 9.18 Å².